The Morgan fingerprint density at radius 3 is 2.67 bits per heavy atom. The van der Waals surface area contributed by atoms with Gasteiger partial charge >= 0.3 is 0 Å². The summed E-state index contributed by atoms with van der Waals surface area (Å²) in [7, 11) is 1.45. The van der Waals surface area contributed by atoms with Gasteiger partial charge in [0, 0.05) is 16.1 Å². The highest BCUT2D eigenvalue weighted by molar-refractivity contribution is 9.10. The van der Waals surface area contributed by atoms with Gasteiger partial charge < -0.3 is 15.3 Å². The minimum Gasteiger partial charge on any atom is -0.480 e. The first-order valence-corrected chi connectivity index (χ1v) is 8.73. The van der Waals surface area contributed by atoms with Crippen LogP contribution in [0.1, 0.15) is 35.0 Å². The quantitative estimate of drug-likeness (QED) is 0.286. The van der Waals surface area contributed by atoms with E-state index in [-0.39, 0.29) is 22.1 Å². The Kier molecular flexibility index (Phi) is 7.09. The molecule has 2 rings (SSSR count). The Bertz CT molecular complexity index is 880. The van der Waals surface area contributed by atoms with Crippen LogP contribution in [-0.4, -0.2) is 29.8 Å². The molecule has 1 aromatic heterocycles. The molecule has 6 nitrogen and oxygen atoms in total. The molecule has 10 heteroatoms. The van der Waals surface area contributed by atoms with E-state index in [4.69, 9.17) is 26.9 Å². The molecule has 0 fully saturated rings. The van der Waals surface area contributed by atoms with Crippen LogP contribution in [0.5, 0.6) is 5.88 Å². The van der Waals surface area contributed by atoms with Crippen molar-refractivity contribution in [1.82, 2.24) is 4.98 Å². The normalized spacial score (nSPS) is 12.8. The van der Waals surface area contributed by atoms with Crippen molar-refractivity contribution in [1.29, 1.82) is 0 Å². The van der Waals surface area contributed by atoms with Crippen LogP contribution in [0.2, 0.25) is 5.02 Å². The van der Waals surface area contributed by atoms with Crippen molar-refractivity contribution in [2.75, 3.05) is 7.11 Å². The highest BCUT2D eigenvalue weighted by atomic mass is 79.9. The lowest BCUT2D eigenvalue weighted by molar-refractivity contribution is 0.0502. The number of hydrogen-bond acceptors (Lipinski definition) is 5. The Labute approximate surface area is 167 Å². The van der Waals surface area contributed by atoms with E-state index < -0.39 is 23.9 Å². The number of nitrogens with two attached hydrogens (primary N) is 1. The maximum Gasteiger partial charge on any atom is 0.265 e. The average molecular weight is 463 g/mol. The van der Waals surface area contributed by atoms with Gasteiger partial charge in [0.05, 0.1) is 11.6 Å². The van der Waals surface area contributed by atoms with Gasteiger partial charge in [0.15, 0.2) is 11.9 Å². The fourth-order valence-corrected chi connectivity index (χ4v) is 2.62. The highest BCUT2D eigenvalue weighted by Crippen LogP contribution is 2.28. The molecule has 1 heterocycles. The number of pyridine rings is 1. The van der Waals surface area contributed by atoms with Crippen molar-refractivity contribution in [3.8, 4) is 5.88 Å². The fourth-order valence-electron chi connectivity index (χ4n) is 2.04. The zero-order valence-corrected chi connectivity index (χ0v) is 16.6. The number of amidine groups is 1. The van der Waals surface area contributed by atoms with Crippen LogP contribution in [0.25, 0.3) is 0 Å². The average Bonchev–Trinajstić information content (AvgIpc) is 2.65. The topological polar surface area (TPSA) is 86.8 Å². The molecule has 2 N–H and O–H groups in total. The predicted octanol–water partition coefficient (Wildman–Crippen LogP) is 4.35. The van der Waals surface area contributed by atoms with Gasteiger partial charge in [0.25, 0.3) is 6.43 Å². The van der Waals surface area contributed by atoms with E-state index in [0.29, 0.717) is 10.4 Å². The lowest BCUT2D eigenvalue weighted by Gasteiger charge is -2.11. The molecule has 0 spiro atoms. The summed E-state index contributed by atoms with van der Waals surface area (Å²) in [5.74, 6) is -0.327. The second-order valence-electron chi connectivity index (χ2n) is 5.31. The Morgan fingerprint density at radius 2 is 2.04 bits per heavy atom. The van der Waals surface area contributed by atoms with Crippen molar-refractivity contribution in [3.63, 3.8) is 0 Å². The van der Waals surface area contributed by atoms with Crippen molar-refractivity contribution < 1.29 is 23.1 Å². The van der Waals surface area contributed by atoms with Crippen LogP contribution in [0.4, 0.5) is 8.78 Å². The van der Waals surface area contributed by atoms with Crippen LogP contribution in [0, 0.1) is 0 Å². The number of methoxy groups -OCH3 is 1. The number of halogens is 4. The number of Topliss-reactive ketones (excluding diaryl/α,β-unsaturated/α-hetero) is 1. The molecular formula is C17H15BrClF2N3O3. The van der Waals surface area contributed by atoms with Gasteiger partial charge in [-0.1, -0.05) is 16.8 Å². The van der Waals surface area contributed by atoms with E-state index >= 15 is 0 Å². The third kappa shape index (κ3) is 5.14. The van der Waals surface area contributed by atoms with E-state index in [1.807, 2.05) is 0 Å². The second kappa shape index (κ2) is 9.09. The Balaban J connectivity index is 2.14. The number of aromatic nitrogens is 1. The maximum atomic E-state index is 12.9. The molecule has 0 aliphatic heterocycles. The molecule has 0 amide bonds. The largest absolute Gasteiger partial charge is 0.480 e. The summed E-state index contributed by atoms with van der Waals surface area (Å²) in [5, 5.41) is 3.57. The van der Waals surface area contributed by atoms with Crippen molar-refractivity contribution in [3.05, 3.63) is 56.6 Å². The number of hydrogen-bond donors (Lipinski definition) is 1. The number of nitrogens with zero attached hydrogens (tertiary/aromatic N) is 2. The molecule has 0 bridgehead atoms. The third-order valence-electron chi connectivity index (χ3n) is 3.46. The number of ether oxygens (including phenoxy) is 1. The number of carbonyl (C=O) groups is 1. The van der Waals surface area contributed by atoms with E-state index in [9.17, 15) is 13.6 Å². The van der Waals surface area contributed by atoms with Gasteiger partial charge in [-0.15, -0.1) is 0 Å². The summed E-state index contributed by atoms with van der Waals surface area (Å²) in [4.78, 5) is 21.6. The Hall–Kier alpha value is -2.26. The summed E-state index contributed by atoms with van der Waals surface area (Å²) >= 11 is 8.96. The van der Waals surface area contributed by atoms with Crippen molar-refractivity contribution in [2.45, 2.75) is 19.5 Å². The minimum absolute atomic E-state index is 0.0272. The number of benzene rings is 1. The third-order valence-corrected chi connectivity index (χ3v) is 4.41. The van der Waals surface area contributed by atoms with E-state index in [0.717, 1.165) is 6.07 Å². The lowest BCUT2D eigenvalue weighted by atomic mass is 10.0. The SMILES string of the molecule is COc1nc(C(N)=NOC(C)C(=O)c2ccc(Cl)c(C(F)F)c2)ccc1Br. The molecule has 0 aliphatic carbocycles. The molecule has 0 radical (unpaired) electrons. The smallest absolute Gasteiger partial charge is 0.265 e. The standard InChI is InChI=1S/C17H15BrClF2N3O3/c1-8(14(25)9-3-5-12(19)10(7-9)15(20)21)27-24-16(22)13-6-4-11(18)17(23-13)26-2/h3-8,15H,1-2H3,(H2,22,24). The number of ketones is 1. The van der Waals surface area contributed by atoms with Gasteiger partial charge in [0.2, 0.25) is 11.7 Å². The molecular weight excluding hydrogens is 448 g/mol. The second-order valence-corrected chi connectivity index (χ2v) is 6.57. The zero-order chi connectivity index (χ0) is 20.1. The van der Waals surface area contributed by atoms with Gasteiger partial charge in [-0.25, -0.2) is 13.8 Å². The van der Waals surface area contributed by atoms with E-state index in [2.05, 4.69) is 26.1 Å². The summed E-state index contributed by atoms with van der Waals surface area (Å²) in [6, 6.07) is 6.85. The summed E-state index contributed by atoms with van der Waals surface area (Å²) in [5.41, 5.74) is 5.68. The highest BCUT2D eigenvalue weighted by Gasteiger charge is 2.21. The van der Waals surface area contributed by atoms with E-state index in [1.54, 1.807) is 12.1 Å². The molecule has 144 valence electrons. The molecule has 0 saturated carbocycles. The van der Waals surface area contributed by atoms with E-state index in [1.165, 1.54) is 26.2 Å². The summed E-state index contributed by atoms with van der Waals surface area (Å²) < 4.78 is 31.5. The van der Waals surface area contributed by atoms with Crippen molar-refractivity contribution in [2.24, 2.45) is 10.9 Å². The van der Waals surface area contributed by atoms with Crippen LogP contribution in [-0.2, 0) is 4.84 Å². The predicted molar refractivity (Wildman–Crippen MR) is 100 cm³/mol. The zero-order valence-electron chi connectivity index (χ0n) is 14.2. The first-order valence-electron chi connectivity index (χ1n) is 7.56. The molecule has 0 aliphatic rings. The Morgan fingerprint density at radius 1 is 1.33 bits per heavy atom. The van der Waals surface area contributed by atoms with Crippen LogP contribution < -0.4 is 10.5 Å². The van der Waals surface area contributed by atoms with Gasteiger partial charge in [-0.3, -0.25) is 4.79 Å². The monoisotopic (exact) mass is 461 g/mol. The van der Waals surface area contributed by atoms with Crippen molar-refractivity contribution >= 4 is 39.1 Å². The summed E-state index contributed by atoms with van der Waals surface area (Å²) in [6.45, 7) is 1.42. The fraction of sp³-hybridized carbons (Fsp3) is 0.235. The molecule has 1 atom stereocenters. The lowest BCUT2D eigenvalue weighted by Crippen LogP contribution is -2.22. The first-order chi connectivity index (χ1) is 12.7. The number of carbonyl (C=O) groups excluding carboxylic acids is 1. The number of oxime groups is 1. The van der Waals surface area contributed by atoms with Gasteiger partial charge in [0.1, 0.15) is 5.69 Å². The van der Waals surface area contributed by atoms with Crippen LogP contribution in [0.15, 0.2) is 40.0 Å². The van der Waals surface area contributed by atoms with Crippen LogP contribution in [0.3, 0.4) is 0 Å². The van der Waals surface area contributed by atoms with Gasteiger partial charge in [-0.2, -0.15) is 0 Å². The molecule has 1 aromatic carbocycles. The molecule has 2 aromatic rings. The first kappa shape index (κ1) is 21.0. The molecule has 27 heavy (non-hydrogen) atoms. The number of rotatable bonds is 7. The maximum absolute atomic E-state index is 12.9. The van der Waals surface area contributed by atoms with Crippen LogP contribution >= 0.6 is 27.5 Å². The van der Waals surface area contributed by atoms with Gasteiger partial charge in [-0.05, 0) is 53.2 Å². The summed E-state index contributed by atoms with van der Waals surface area (Å²) in [6.07, 6.45) is -3.86. The molecule has 1 unspecified atom stereocenters. The number of alkyl halides is 2. The molecule has 0 saturated heterocycles. The minimum atomic E-state index is -2.80.